The quantitative estimate of drug-likeness (QED) is 0.226. The van der Waals surface area contributed by atoms with Crippen molar-refractivity contribution >= 4 is 34.4 Å². The van der Waals surface area contributed by atoms with Gasteiger partial charge in [-0.1, -0.05) is 25.1 Å². The highest BCUT2D eigenvalue weighted by Gasteiger charge is 2.20. The van der Waals surface area contributed by atoms with Gasteiger partial charge in [-0.2, -0.15) is 5.10 Å². The van der Waals surface area contributed by atoms with Gasteiger partial charge in [0.25, 0.3) is 5.91 Å². The fourth-order valence-electron chi connectivity index (χ4n) is 4.82. The molecular weight excluding hydrogens is 506 g/mol. The molecule has 0 bridgehead atoms. The zero-order valence-electron chi connectivity index (χ0n) is 23.5. The summed E-state index contributed by atoms with van der Waals surface area (Å²) in [6, 6.07) is 10.9. The number of aromatic nitrogens is 3. The molecule has 210 valence electrons. The maximum Gasteiger partial charge on any atom is 0.303 e. The SMILES string of the molecule is CCCNC(=O)c1ccc2c(C)cn(C(C)C(=O)Nc3cc(Cn4cc(C)cn4)ccc3CCCC(=O)O)c2c1. The zero-order chi connectivity index (χ0) is 28.8. The fourth-order valence-corrected chi connectivity index (χ4v) is 4.82. The molecule has 0 aliphatic carbocycles. The molecular formula is C31H37N5O4. The third kappa shape index (κ3) is 6.77. The number of nitrogens with zero attached hydrogens (tertiary/aromatic N) is 3. The van der Waals surface area contributed by atoms with Crippen molar-refractivity contribution in [2.45, 2.75) is 66.0 Å². The van der Waals surface area contributed by atoms with Crippen LogP contribution in [0.4, 0.5) is 5.69 Å². The van der Waals surface area contributed by atoms with Crippen molar-refractivity contribution in [1.29, 1.82) is 0 Å². The topological polar surface area (TPSA) is 118 Å². The number of anilines is 1. The second-order valence-electron chi connectivity index (χ2n) is 10.3. The number of aryl methyl sites for hydroxylation is 3. The first kappa shape index (κ1) is 28.6. The second kappa shape index (κ2) is 12.6. The Hall–Kier alpha value is -4.40. The number of rotatable bonds is 12. The Morgan fingerprint density at radius 2 is 1.88 bits per heavy atom. The van der Waals surface area contributed by atoms with Gasteiger partial charge in [0, 0.05) is 47.5 Å². The van der Waals surface area contributed by atoms with Crippen molar-refractivity contribution in [3.8, 4) is 0 Å². The summed E-state index contributed by atoms with van der Waals surface area (Å²) in [5.74, 6) is -1.19. The van der Waals surface area contributed by atoms with E-state index in [9.17, 15) is 14.4 Å². The van der Waals surface area contributed by atoms with Crippen LogP contribution in [-0.2, 0) is 22.6 Å². The Labute approximate surface area is 234 Å². The Bertz CT molecular complexity index is 1530. The van der Waals surface area contributed by atoms with Gasteiger partial charge >= 0.3 is 5.97 Å². The van der Waals surface area contributed by atoms with Crippen LogP contribution in [0.2, 0.25) is 0 Å². The average Bonchev–Trinajstić information content (AvgIpc) is 3.49. The largest absolute Gasteiger partial charge is 0.481 e. The van der Waals surface area contributed by atoms with Crippen LogP contribution in [0, 0.1) is 13.8 Å². The Morgan fingerprint density at radius 3 is 2.58 bits per heavy atom. The molecule has 3 N–H and O–H groups in total. The van der Waals surface area contributed by atoms with Crippen molar-refractivity contribution in [2.75, 3.05) is 11.9 Å². The van der Waals surface area contributed by atoms with Gasteiger partial charge in [-0.3, -0.25) is 19.1 Å². The zero-order valence-corrected chi connectivity index (χ0v) is 23.5. The number of hydrogen-bond donors (Lipinski definition) is 3. The van der Waals surface area contributed by atoms with E-state index in [1.54, 1.807) is 6.20 Å². The molecule has 2 aromatic heterocycles. The molecule has 2 heterocycles. The number of nitrogens with one attached hydrogen (secondary N) is 2. The lowest BCUT2D eigenvalue weighted by Crippen LogP contribution is -2.25. The van der Waals surface area contributed by atoms with Gasteiger partial charge in [0.1, 0.15) is 6.04 Å². The summed E-state index contributed by atoms with van der Waals surface area (Å²) in [6.45, 7) is 8.95. The Balaban J connectivity index is 1.60. The van der Waals surface area contributed by atoms with Crippen molar-refractivity contribution < 1.29 is 19.5 Å². The minimum Gasteiger partial charge on any atom is -0.481 e. The first-order valence-corrected chi connectivity index (χ1v) is 13.7. The molecule has 9 heteroatoms. The molecule has 2 aromatic carbocycles. The van der Waals surface area contributed by atoms with E-state index in [0.29, 0.717) is 37.2 Å². The van der Waals surface area contributed by atoms with E-state index in [-0.39, 0.29) is 18.2 Å². The van der Waals surface area contributed by atoms with Crippen molar-refractivity contribution in [2.24, 2.45) is 0 Å². The number of carboxylic acids is 1. The molecule has 0 fully saturated rings. The lowest BCUT2D eigenvalue weighted by molar-refractivity contribution is -0.137. The summed E-state index contributed by atoms with van der Waals surface area (Å²) in [5, 5.41) is 20.4. The first-order chi connectivity index (χ1) is 19.2. The van der Waals surface area contributed by atoms with Gasteiger partial charge in [-0.25, -0.2) is 0 Å². The van der Waals surface area contributed by atoms with Crippen LogP contribution in [0.5, 0.6) is 0 Å². The molecule has 0 radical (unpaired) electrons. The summed E-state index contributed by atoms with van der Waals surface area (Å²) < 4.78 is 3.74. The summed E-state index contributed by atoms with van der Waals surface area (Å²) in [7, 11) is 0. The smallest absolute Gasteiger partial charge is 0.303 e. The summed E-state index contributed by atoms with van der Waals surface area (Å²) in [6.07, 6.45) is 7.59. The minimum atomic E-state index is -0.845. The molecule has 0 saturated carbocycles. The van der Waals surface area contributed by atoms with Crippen LogP contribution in [-0.4, -0.2) is 43.8 Å². The maximum atomic E-state index is 13.6. The van der Waals surface area contributed by atoms with E-state index in [4.69, 9.17) is 5.11 Å². The summed E-state index contributed by atoms with van der Waals surface area (Å²) in [5.41, 5.74) is 5.96. The molecule has 0 aliphatic heterocycles. The van der Waals surface area contributed by atoms with Crippen LogP contribution in [0.3, 0.4) is 0 Å². The van der Waals surface area contributed by atoms with Gasteiger partial charge in [0.05, 0.1) is 12.7 Å². The predicted octanol–water partition coefficient (Wildman–Crippen LogP) is 5.25. The highest BCUT2D eigenvalue weighted by Crippen LogP contribution is 2.28. The molecule has 0 aliphatic rings. The van der Waals surface area contributed by atoms with E-state index < -0.39 is 12.0 Å². The highest BCUT2D eigenvalue weighted by atomic mass is 16.4. The van der Waals surface area contributed by atoms with Gasteiger partial charge in [-0.05, 0) is 80.5 Å². The number of carbonyl (C=O) groups excluding carboxylic acids is 2. The van der Waals surface area contributed by atoms with Crippen molar-refractivity contribution in [3.05, 3.63) is 82.8 Å². The Kier molecular flexibility index (Phi) is 9.04. The predicted molar refractivity (Wildman–Crippen MR) is 156 cm³/mol. The number of carbonyl (C=O) groups is 3. The number of hydrogen-bond acceptors (Lipinski definition) is 4. The number of amides is 2. The highest BCUT2D eigenvalue weighted by molar-refractivity contribution is 6.00. The van der Waals surface area contributed by atoms with E-state index in [1.165, 1.54) is 0 Å². The van der Waals surface area contributed by atoms with Gasteiger partial charge in [0.15, 0.2) is 0 Å². The monoisotopic (exact) mass is 543 g/mol. The lowest BCUT2D eigenvalue weighted by Gasteiger charge is -2.18. The molecule has 4 rings (SSSR count). The second-order valence-corrected chi connectivity index (χ2v) is 10.3. The molecule has 1 unspecified atom stereocenters. The average molecular weight is 544 g/mol. The summed E-state index contributed by atoms with van der Waals surface area (Å²) >= 11 is 0. The van der Waals surface area contributed by atoms with Gasteiger partial charge in [-0.15, -0.1) is 0 Å². The van der Waals surface area contributed by atoms with E-state index in [0.717, 1.165) is 39.6 Å². The van der Waals surface area contributed by atoms with Gasteiger partial charge in [0.2, 0.25) is 5.91 Å². The molecule has 2 amide bonds. The number of benzene rings is 2. The minimum absolute atomic E-state index is 0.0565. The summed E-state index contributed by atoms with van der Waals surface area (Å²) in [4.78, 5) is 37.3. The number of fused-ring (bicyclic) bond motifs is 1. The molecule has 40 heavy (non-hydrogen) atoms. The standard InChI is InChI=1S/C31H37N5O4/c1-5-13-32-31(40)25-11-12-26-21(3)18-36(28(26)15-25)22(4)30(39)34-27-14-23(19-35-17-20(2)16-33-35)9-10-24(27)7-6-8-29(37)38/h9-12,14-18,22H,5-8,13,19H2,1-4H3,(H,32,40)(H,34,39)(H,37,38). The number of carboxylic acid groups (broad SMARTS) is 1. The van der Waals surface area contributed by atoms with Crippen LogP contribution in [0.15, 0.2) is 55.0 Å². The van der Waals surface area contributed by atoms with E-state index in [1.807, 2.05) is 85.7 Å². The maximum absolute atomic E-state index is 13.6. The molecule has 4 aromatic rings. The number of aliphatic carboxylic acids is 1. The molecule has 0 spiro atoms. The normalized spacial score (nSPS) is 11.9. The third-order valence-corrected chi connectivity index (χ3v) is 7.00. The van der Waals surface area contributed by atoms with Crippen LogP contribution < -0.4 is 10.6 Å². The third-order valence-electron chi connectivity index (χ3n) is 7.00. The Morgan fingerprint density at radius 1 is 1.07 bits per heavy atom. The van der Waals surface area contributed by atoms with Crippen molar-refractivity contribution in [1.82, 2.24) is 19.7 Å². The molecule has 1 atom stereocenters. The molecule has 9 nitrogen and oxygen atoms in total. The van der Waals surface area contributed by atoms with Crippen LogP contribution >= 0.6 is 0 Å². The lowest BCUT2D eigenvalue weighted by atomic mass is 10.0. The molecule has 0 saturated heterocycles. The van der Waals surface area contributed by atoms with E-state index in [2.05, 4.69) is 15.7 Å². The van der Waals surface area contributed by atoms with Gasteiger partial charge < -0.3 is 20.3 Å². The van der Waals surface area contributed by atoms with E-state index >= 15 is 0 Å². The van der Waals surface area contributed by atoms with Crippen LogP contribution in [0.1, 0.15) is 71.8 Å². The van der Waals surface area contributed by atoms with Crippen LogP contribution in [0.25, 0.3) is 10.9 Å². The van der Waals surface area contributed by atoms with Crippen molar-refractivity contribution in [3.63, 3.8) is 0 Å². The first-order valence-electron chi connectivity index (χ1n) is 13.7. The fraction of sp³-hybridized carbons (Fsp3) is 0.355.